The van der Waals surface area contributed by atoms with Crippen molar-refractivity contribution in [1.29, 1.82) is 0 Å². The van der Waals surface area contributed by atoms with Gasteiger partial charge in [-0.25, -0.2) is 5.10 Å². The van der Waals surface area contributed by atoms with Gasteiger partial charge in [0, 0.05) is 13.2 Å². The molecule has 1 aliphatic rings. The summed E-state index contributed by atoms with van der Waals surface area (Å²) in [6.45, 7) is 1.35. The SMILES string of the molecule is O=c1[nH]ncc(NCCCO[C@@H]2CCCc3ccccc32)c1Cl. The smallest absolute Gasteiger partial charge is 0.285 e. The molecule has 1 aromatic carbocycles. The van der Waals surface area contributed by atoms with Gasteiger partial charge in [-0.05, 0) is 36.8 Å². The first-order valence-corrected chi connectivity index (χ1v) is 8.30. The van der Waals surface area contributed by atoms with Gasteiger partial charge in [0.25, 0.3) is 5.56 Å². The van der Waals surface area contributed by atoms with Crippen LogP contribution >= 0.6 is 11.6 Å². The molecule has 2 N–H and O–H groups in total. The zero-order chi connectivity index (χ0) is 16.1. The number of hydrogen-bond acceptors (Lipinski definition) is 4. The van der Waals surface area contributed by atoms with Gasteiger partial charge >= 0.3 is 0 Å². The summed E-state index contributed by atoms with van der Waals surface area (Å²) in [5, 5.41) is 9.28. The van der Waals surface area contributed by atoms with Crippen molar-refractivity contribution in [2.75, 3.05) is 18.5 Å². The topological polar surface area (TPSA) is 67.0 Å². The van der Waals surface area contributed by atoms with E-state index in [1.807, 2.05) is 0 Å². The Morgan fingerprint density at radius 2 is 2.26 bits per heavy atom. The first-order valence-electron chi connectivity index (χ1n) is 7.92. The number of halogens is 1. The van der Waals surface area contributed by atoms with Gasteiger partial charge in [0.05, 0.1) is 18.0 Å². The second-order valence-electron chi connectivity index (χ2n) is 5.66. The maximum Gasteiger partial charge on any atom is 0.285 e. The Morgan fingerprint density at radius 3 is 3.17 bits per heavy atom. The van der Waals surface area contributed by atoms with E-state index in [1.165, 1.54) is 23.7 Å². The third-order valence-electron chi connectivity index (χ3n) is 4.07. The molecule has 0 amide bonds. The van der Waals surface area contributed by atoms with Crippen LogP contribution < -0.4 is 10.9 Å². The van der Waals surface area contributed by atoms with Crippen LogP contribution in [0.5, 0.6) is 0 Å². The quantitative estimate of drug-likeness (QED) is 0.796. The molecule has 0 saturated heterocycles. The maximum absolute atomic E-state index is 11.3. The van der Waals surface area contributed by atoms with Gasteiger partial charge < -0.3 is 10.1 Å². The summed E-state index contributed by atoms with van der Waals surface area (Å²) < 4.78 is 6.04. The fraction of sp³-hybridized carbons (Fsp3) is 0.412. The van der Waals surface area contributed by atoms with Crippen LogP contribution in [0.25, 0.3) is 0 Å². The third kappa shape index (κ3) is 3.92. The summed E-state index contributed by atoms with van der Waals surface area (Å²) in [5.41, 5.74) is 2.90. The number of benzene rings is 1. The Balaban J connectivity index is 1.46. The van der Waals surface area contributed by atoms with Gasteiger partial charge in [-0.2, -0.15) is 5.10 Å². The van der Waals surface area contributed by atoms with Crippen molar-refractivity contribution < 1.29 is 4.74 Å². The van der Waals surface area contributed by atoms with E-state index < -0.39 is 0 Å². The molecular formula is C17H20ClN3O2. The number of aromatic nitrogens is 2. The summed E-state index contributed by atoms with van der Waals surface area (Å²) in [6, 6.07) is 8.52. The van der Waals surface area contributed by atoms with E-state index in [2.05, 4.69) is 39.8 Å². The van der Waals surface area contributed by atoms with Crippen molar-refractivity contribution >= 4 is 17.3 Å². The molecule has 0 spiro atoms. The molecule has 1 atom stereocenters. The molecule has 23 heavy (non-hydrogen) atoms. The fourth-order valence-corrected chi connectivity index (χ4v) is 3.07. The molecule has 6 heteroatoms. The van der Waals surface area contributed by atoms with E-state index in [0.717, 1.165) is 19.3 Å². The van der Waals surface area contributed by atoms with Crippen LogP contribution in [0.15, 0.2) is 35.3 Å². The lowest BCUT2D eigenvalue weighted by molar-refractivity contribution is 0.0406. The Labute approximate surface area is 140 Å². The number of nitrogens with one attached hydrogen (secondary N) is 2. The summed E-state index contributed by atoms with van der Waals surface area (Å²) in [7, 11) is 0. The Bertz CT molecular complexity index is 717. The molecule has 1 heterocycles. The molecule has 0 unspecified atom stereocenters. The second kappa shape index (κ2) is 7.62. The summed E-state index contributed by atoms with van der Waals surface area (Å²) in [4.78, 5) is 11.3. The molecule has 0 saturated carbocycles. The van der Waals surface area contributed by atoms with Crippen molar-refractivity contribution in [2.45, 2.75) is 31.8 Å². The first-order chi connectivity index (χ1) is 11.3. The summed E-state index contributed by atoms with van der Waals surface area (Å²) in [5.74, 6) is 0. The van der Waals surface area contributed by atoms with Crippen LogP contribution in [0.2, 0.25) is 5.02 Å². The normalized spacial score (nSPS) is 16.8. The number of anilines is 1. The molecular weight excluding hydrogens is 314 g/mol. The van der Waals surface area contributed by atoms with E-state index in [9.17, 15) is 4.79 Å². The maximum atomic E-state index is 11.3. The van der Waals surface area contributed by atoms with Crippen LogP contribution in [0.4, 0.5) is 5.69 Å². The molecule has 122 valence electrons. The molecule has 0 fully saturated rings. The second-order valence-corrected chi connectivity index (χ2v) is 6.04. The number of ether oxygens (including phenoxy) is 1. The largest absolute Gasteiger partial charge is 0.382 e. The highest BCUT2D eigenvalue weighted by atomic mass is 35.5. The minimum atomic E-state index is -0.383. The molecule has 0 radical (unpaired) electrons. The van der Waals surface area contributed by atoms with E-state index in [1.54, 1.807) is 0 Å². The molecule has 5 nitrogen and oxygen atoms in total. The molecule has 0 bridgehead atoms. The highest BCUT2D eigenvalue weighted by Gasteiger charge is 2.19. The van der Waals surface area contributed by atoms with Crippen molar-refractivity contribution in [3.05, 3.63) is 57.0 Å². The van der Waals surface area contributed by atoms with E-state index >= 15 is 0 Å². The molecule has 2 aromatic rings. The van der Waals surface area contributed by atoms with Crippen molar-refractivity contribution in [3.63, 3.8) is 0 Å². The van der Waals surface area contributed by atoms with Crippen LogP contribution in [-0.2, 0) is 11.2 Å². The van der Waals surface area contributed by atoms with Crippen LogP contribution in [0, 0.1) is 0 Å². The van der Waals surface area contributed by atoms with Crippen molar-refractivity contribution in [2.24, 2.45) is 0 Å². The Hall–Kier alpha value is -1.85. The van der Waals surface area contributed by atoms with Crippen LogP contribution in [-0.4, -0.2) is 23.3 Å². The van der Waals surface area contributed by atoms with Gasteiger partial charge in [0.1, 0.15) is 5.02 Å². The van der Waals surface area contributed by atoms with Crippen LogP contribution in [0.1, 0.15) is 36.5 Å². The lowest BCUT2D eigenvalue weighted by Crippen LogP contribution is -2.16. The highest BCUT2D eigenvalue weighted by molar-refractivity contribution is 6.32. The van der Waals surface area contributed by atoms with Gasteiger partial charge in [0.15, 0.2) is 0 Å². The summed E-state index contributed by atoms with van der Waals surface area (Å²) in [6.07, 6.45) is 5.95. The number of hydrogen-bond donors (Lipinski definition) is 2. The zero-order valence-electron chi connectivity index (χ0n) is 12.8. The molecule has 3 rings (SSSR count). The first kappa shape index (κ1) is 16.0. The number of nitrogens with zero attached hydrogens (tertiary/aromatic N) is 1. The fourth-order valence-electron chi connectivity index (χ4n) is 2.91. The van der Waals surface area contributed by atoms with Gasteiger partial charge in [0.2, 0.25) is 0 Å². The van der Waals surface area contributed by atoms with Gasteiger partial charge in [-0.1, -0.05) is 35.9 Å². The Kier molecular flexibility index (Phi) is 5.31. The average Bonchev–Trinajstić information content (AvgIpc) is 2.58. The number of aryl methyl sites for hydroxylation is 1. The van der Waals surface area contributed by atoms with Gasteiger partial charge in [-0.3, -0.25) is 4.79 Å². The van der Waals surface area contributed by atoms with Crippen molar-refractivity contribution in [3.8, 4) is 0 Å². The Morgan fingerprint density at radius 1 is 1.39 bits per heavy atom. The number of rotatable bonds is 6. The standard InChI is InChI=1S/C17H20ClN3O2/c18-16-14(11-20-21-17(16)22)19-9-4-10-23-15-8-3-6-12-5-1-2-7-13(12)15/h1-2,5,7,11,15H,3-4,6,8-10H2,(H2,19,21,22)/t15-/m1/s1. The third-order valence-corrected chi connectivity index (χ3v) is 4.44. The predicted molar refractivity (Wildman–Crippen MR) is 91.0 cm³/mol. The number of aromatic amines is 1. The van der Waals surface area contributed by atoms with Gasteiger partial charge in [-0.15, -0.1) is 0 Å². The van der Waals surface area contributed by atoms with Crippen LogP contribution in [0.3, 0.4) is 0 Å². The number of H-pyrrole nitrogens is 1. The minimum Gasteiger partial charge on any atom is -0.382 e. The molecule has 1 aliphatic carbocycles. The molecule has 1 aromatic heterocycles. The lowest BCUT2D eigenvalue weighted by atomic mass is 9.89. The average molecular weight is 334 g/mol. The predicted octanol–water partition coefficient (Wildman–Crippen LogP) is 3.32. The minimum absolute atomic E-state index is 0.141. The molecule has 0 aliphatic heterocycles. The van der Waals surface area contributed by atoms with E-state index in [4.69, 9.17) is 16.3 Å². The lowest BCUT2D eigenvalue weighted by Gasteiger charge is -2.25. The highest BCUT2D eigenvalue weighted by Crippen LogP contribution is 2.32. The number of fused-ring (bicyclic) bond motifs is 1. The van der Waals surface area contributed by atoms with E-state index in [-0.39, 0.29) is 16.7 Å². The monoisotopic (exact) mass is 333 g/mol. The van der Waals surface area contributed by atoms with E-state index in [0.29, 0.717) is 18.8 Å². The zero-order valence-corrected chi connectivity index (χ0v) is 13.6. The summed E-state index contributed by atoms with van der Waals surface area (Å²) >= 11 is 5.91. The van der Waals surface area contributed by atoms with Crippen molar-refractivity contribution in [1.82, 2.24) is 10.2 Å².